The zero-order valence-electron chi connectivity index (χ0n) is 18.7. The van der Waals surface area contributed by atoms with Crippen LogP contribution in [0.2, 0.25) is 0 Å². The van der Waals surface area contributed by atoms with Gasteiger partial charge in [-0.25, -0.2) is 5.01 Å². The lowest BCUT2D eigenvalue weighted by molar-refractivity contribution is -0.384. The molecule has 3 atom stereocenters. The second-order valence-electron chi connectivity index (χ2n) is 8.60. The highest BCUT2D eigenvalue weighted by Gasteiger charge is 2.53. The van der Waals surface area contributed by atoms with Crippen molar-refractivity contribution >= 4 is 29.2 Å². The van der Waals surface area contributed by atoms with Gasteiger partial charge in [-0.1, -0.05) is 48.9 Å². The molecule has 1 heterocycles. The lowest BCUT2D eigenvalue weighted by atomic mass is 9.78. The molecular weight excluding hydrogens is 438 g/mol. The highest BCUT2D eigenvalue weighted by atomic mass is 16.6. The maximum Gasteiger partial charge on any atom is 0.273 e. The number of imide groups is 1. The molecule has 9 heteroatoms. The van der Waals surface area contributed by atoms with Gasteiger partial charge in [0.2, 0.25) is 0 Å². The Morgan fingerprint density at radius 2 is 1.65 bits per heavy atom. The van der Waals surface area contributed by atoms with Gasteiger partial charge >= 0.3 is 0 Å². The number of nitro groups is 1. The molecule has 0 aromatic heterocycles. The number of hydrazine groups is 1. The van der Waals surface area contributed by atoms with E-state index in [-0.39, 0.29) is 17.2 Å². The summed E-state index contributed by atoms with van der Waals surface area (Å²) in [5.74, 6) is -3.68. The Morgan fingerprint density at radius 3 is 2.24 bits per heavy atom. The number of Topliss-reactive ketones (excluding diaryl/α,β-unsaturated/α-hetero) is 1. The first-order valence-corrected chi connectivity index (χ1v) is 10.9. The molecular formula is C25H23N3O6. The summed E-state index contributed by atoms with van der Waals surface area (Å²) in [5.41, 5.74) is 1.09. The fourth-order valence-corrected chi connectivity index (χ4v) is 4.44. The van der Waals surface area contributed by atoms with E-state index in [2.05, 4.69) is 0 Å². The largest absolute Gasteiger partial charge is 0.292 e. The van der Waals surface area contributed by atoms with Gasteiger partial charge in [-0.2, -0.15) is 5.01 Å². The molecule has 9 nitrogen and oxygen atoms in total. The molecule has 0 spiro atoms. The average Bonchev–Trinajstić information content (AvgIpc) is 3.08. The van der Waals surface area contributed by atoms with E-state index in [9.17, 15) is 29.3 Å². The molecule has 4 rings (SSSR count). The first-order valence-electron chi connectivity index (χ1n) is 10.9. The van der Waals surface area contributed by atoms with Crippen LogP contribution in [-0.4, -0.2) is 45.0 Å². The van der Waals surface area contributed by atoms with Crippen LogP contribution in [0, 0.1) is 34.8 Å². The van der Waals surface area contributed by atoms with Crippen molar-refractivity contribution in [2.75, 3.05) is 6.54 Å². The van der Waals surface area contributed by atoms with Crippen LogP contribution in [0.25, 0.3) is 0 Å². The fraction of sp³-hybridized carbons (Fsp3) is 0.280. The third kappa shape index (κ3) is 4.12. The average molecular weight is 461 g/mol. The monoisotopic (exact) mass is 461 g/mol. The standard InChI is InChI=1S/C25H23N3O6/c1-15-6-8-17(9-7-15)21(29)14-26(23(30)18-10-12-19(13-11-18)28(33)34)27-24(31)20-5-3-4-16(2)22(20)25(27)32/h3-4,6-13,16,20,22H,5,14H2,1-2H3/t16-,20+,22-/m0/s1. The van der Waals surface area contributed by atoms with E-state index in [1.807, 2.05) is 26.0 Å². The summed E-state index contributed by atoms with van der Waals surface area (Å²) in [6.45, 7) is 3.18. The van der Waals surface area contributed by atoms with E-state index in [0.29, 0.717) is 12.0 Å². The third-order valence-corrected chi connectivity index (χ3v) is 6.32. The van der Waals surface area contributed by atoms with Gasteiger partial charge in [0.25, 0.3) is 23.4 Å². The first-order chi connectivity index (χ1) is 16.2. The number of nitro benzene ring substituents is 1. The van der Waals surface area contributed by atoms with E-state index >= 15 is 0 Å². The van der Waals surface area contributed by atoms with Crippen molar-refractivity contribution in [3.05, 3.63) is 87.5 Å². The number of non-ortho nitro benzene ring substituents is 1. The Kier molecular flexibility index (Phi) is 6.10. The molecule has 0 radical (unpaired) electrons. The Labute approximate surface area is 195 Å². The van der Waals surface area contributed by atoms with Gasteiger partial charge in [0.05, 0.1) is 16.8 Å². The maximum absolute atomic E-state index is 13.5. The summed E-state index contributed by atoms with van der Waals surface area (Å²) in [7, 11) is 0. The maximum atomic E-state index is 13.5. The van der Waals surface area contributed by atoms with E-state index < -0.39 is 46.8 Å². The van der Waals surface area contributed by atoms with Crippen molar-refractivity contribution in [2.24, 2.45) is 17.8 Å². The molecule has 0 saturated carbocycles. The normalized spacial score (nSPS) is 21.4. The van der Waals surface area contributed by atoms with Crippen molar-refractivity contribution in [1.82, 2.24) is 10.0 Å². The Hall–Kier alpha value is -4.14. The summed E-state index contributed by atoms with van der Waals surface area (Å²) in [6.07, 6.45) is 4.10. The van der Waals surface area contributed by atoms with E-state index in [1.165, 1.54) is 12.1 Å². The van der Waals surface area contributed by atoms with E-state index in [1.54, 1.807) is 24.3 Å². The number of fused-ring (bicyclic) bond motifs is 1. The summed E-state index contributed by atoms with van der Waals surface area (Å²) >= 11 is 0. The van der Waals surface area contributed by atoms with Crippen LogP contribution in [0.15, 0.2) is 60.7 Å². The van der Waals surface area contributed by atoms with Crippen LogP contribution in [0.5, 0.6) is 0 Å². The minimum atomic E-state index is -0.767. The molecule has 0 bridgehead atoms. The summed E-state index contributed by atoms with van der Waals surface area (Å²) in [5, 5.41) is 12.6. The van der Waals surface area contributed by atoms with Gasteiger partial charge in [-0.3, -0.25) is 29.3 Å². The van der Waals surface area contributed by atoms with Crippen molar-refractivity contribution in [1.29, 1.82) is 0 Å². The zero-order chi connectivity index (χ0) is 24.6. The third-order valence-electron chi connectivity index (χ3n) is 6.32. The van der Waals surface area contributed by atoms with Crippen LogP contribution < -0.4 is 0 Å². The van der Waals surface area contributed by atoms with Crippen LogP contribution in [0.4, 0.5) is 5.69 Å². The van der Waals surface area contributed by atoms with Gasteiger partial charge in [-0.15, -0.1) is 0 Å². The molecule has 0 unspecified atom stereocenters. The molecule has 3 amide bonds. The molecule has 2 aromatic rings. The predicted octanol–water partition coefficient (Wildman–Crippen LogP) is 3.34. The number of rotatable bonds is 6. The number of ketones is 1. The summed E-state index contributed by atoms with van der Waals surface area (Å²) in [6, 6.07) is 11.5. The minimum absolute atomic E-state index is 0.0175. The van der Waals surface area contributed by atoms with Crippen LogP contribution in [-0.2, 0) is 9.59 Å². The van der Waals surface area contributed by atoms with Crippen LogP contribution >= 0.6 is 0 Å². The molecule has 1 aliphatic carbocycles. The minimum Gasteiger partial charge on any atom is -0.292 e. The Balaban J connectivity index is 1.70. The number of carbonyl (C=O) groups excluding carboxylic acids is 4. The SMILES string of the molecule is Cc1ccc(C(=O)CN(C(=O)c2ccc([N+](=O)[O-])cc2)N2C(=O)[C@H]3[C@@H](C)C=CC[C@H]3C2=O)cc1. The fourth-order valence-electron chi connectivity index (χ4n) is 4.44. The topological polar surface area (TPSA) is 118 Å². The van der Waals surface area contributed by atoms with E-state index in [4.69, 9.17) is 0 Å². The van der Waals surface area contributed by atoms with Gasteiger partial charge in [0, 0.05) is 23.3 Å². The number of hydrogen-bond donors (Lipinski definition) is 0. The number of aryl methyl sites for hydroxylation is 1. The van der Waals surface area contributed by atoms with Crippen LogP contribution in [0.3, 0.4) is 0 Å². The van der Waals surface area contributed by atoms with Crippen molar-refractivity contribution in [2.45, 2.75) is 20.3 Å². The highest BCUT2D eigenvalue weighted by molar-refractivity contribution is 6.09. The van der Waals surface area contributed by atoms with Crippen molar-refractivity contribution in [3.8, 4) is 0 Å². The van der Waals surface area contributed by atoms with Gasteiger partial charge in [-0.05, 0) is 31.4 Å². The Morgan fingerprint density at radius 1 is 1.03 bits per heavy atom. The number of hydrogen-bond acceptors (Lipinski definition) is 6. The summed E-state index contributed by atoms with van der Waals surface area (Å²) in [4.78, 5) is 63.5. The first kappa shape index (κ1) is 23.0. The number of carbonyl (C=O) groups is 4. The van der Waals surface area contributed by atoms with Gasteiger partial charge in [0.15, 0.2) is 5.78 Å². The zero-order valence-corrected chi connectivity index (χ0v) is 18.7. The lowest BCUT2D eigenvalue weighted by Gasteiger charge is -2.30. The molecule has 1 fully saturated rings. The molecule has 0 N–H and O–H groups in total. The molecule has 34 heavy (non-hydrogen) atoms. The molecule has 2 aliphatic rings. The van der Waals surface area contributed by atoms with Gasteiger partial charge < -0.3 is 0 Å². The van der Waals surface area contributed by atoms with Crippen molar-refractivity contribution < 1.29 is 24.1 Å². The number of amides is 3. The number of benzene rings is 2. The Bertz CT molecular complexity index is 1200. The number of nitrogens with zero attached hydrogens (tertiary/aromatic N) is 3. The predicted molar refractivity (Wildman–Crippen MR) is 121 cm³/mol. The van der Waals surface area contributed by atoms with Gasteiger partial charge in [0.1, 0.15) is 6.54 Å². The van der Waals surface area contributed by atoms with Crippen molar-refractivity contribution in [3.63, 3.8) is 0 Å². The summed E-state index contributed by atoms with van der Waals surface area (Å²) < 4.78 is 0. The highest BCUT2D eigenvalue weighted by Crippen LogP contribution is 2.39. The quantitative estimate of drug-likeness (QED) is 0.214. The van der Waals surface area contributed by atoms with E-state index in [0.717, 1.165) is 27.7 Å². The second kappa shape index (κ2) is 9.01. The molecule has 1 aliphatic heterocycles. The smallest absolute Gasteiger partial charge is 0.273 e. The second-order valence-corrected chi connectivity index (χ2v) is 8.60. The lowest BCUT2D eigenvalue weighted by Crippen LogP contribution is -2.52. The van der Waals surface area contributed by atoms with Crippen LogP contribution in [0.1, 0.15) is 39.6 Å². The molecule has 174 valence electrons. The molecule has 2 aromatic carbocycles. The molecule has 1 saturated heterocycles. The number of allylic oxidation sites excluding steroid dienone is 2.